The predicted molar refractivity (Wildman–Crippen MR) is 131 cm³/mol. The van der Waals surface area contributed by atoms with Crippen LogP contribution in [-0.2, 0) is 19.2 Å². The monoisotopic (exact) mass is 488 g/mol. The lowest BCUT2D eigenvalue weighted by atomic mass is 9.46. The van der Waals surface area contributed by atoms with Crippen molar-refractivity contribution >= 4 is 23.4 Å². The predicted octanol–water partition coefficient (Wildman–Crippen LogP) is 3.48. The van der Waals surface area contributed by atoms with Gasteiger partial charge in [0.2, 0.25) is 0 Å². The highest BCUT2D eigenvalue weighted by Crippen LogP contribution is 2.66. The molecule has 0 radical (unpaired) electrons. The lowest BCUT2D eigenvalue weighted by Gasteiger charge is -2.58. The Bertz CT molecular complexity index is 942. The number of aliphatic hydroxyl groups excluding tert-OH is 1. The van der Waals surface area contributed by atoms with E-state index in [2.05, 4.69) is 30.4 Å². The van der Waals surface area contributed by atoms with Crippen molar-refractivity contribution in [1.29, 1.82) is 0 Å². The molecule has 3 fully saturated rings. The van der Waals surface area contributed by atoms with Gasteiger partial charge in [0.15, 0.2) is 12.6 Å². The number of nitrogens with zero attached hydrogens (tertiary/aromatic N) is 1. The van der Waals surface area contributed by atoms with Gasteiger partial charge >= 0.3 is 5.97 Å². The van der Waals surface area contributed by atoms with E-state index in [1.165, 1.54) is 25.3 Å². The molecule has 4 rings (SSSR count). The molecule has 194 valence electrons. The van der Waals surface area contributed by atoms with Crippen molar-refractivity contribution in [3.63, 3.8) is 0 Å². The molecule has 4 aliphatic rings. The highest BCUT2D eigenvalue weighted by atomic mass is 16.6. The van der Waals surface area contributed by atoms with Crippen molar-refractivity contribution < 1.29 is 29.4 Å². The largest absolute Gasteiger partial charge is 0.480 e. The maximum atomic E-state index is 12.3. The third-order valence-electron chi connectivity index (χ3n) is 9.91. The van der Waals surface area contributed by atoms with Crippen LogP contribution in [-0.4, -0.2) is 52.3 Å². The van der Waals surface area contributed by atoms with Crippen LogP contribution >= 0.6 is 0 Å². The molecule has 0 aliphatic heterocycles. The minimum absolute atomic E-state index is 0.140. The first-order chi connectivity index (χ1) is 16.5. The Balaban J connectivity index is 1.40. The van der Waals surface area contributed by atoms with Crippen LogP contribution in [0.3, 0.4) is 0 Å². The van der Waals surface area contributed by atoms with Crippen LogP contribution in [0.25, 0.3) is 0 Å². The third kappa shape index (κ3) is 4.66. The molecule has 0 saturated heterocycles. The van der Waals surface area contributed by atoms with E-state index < -0.39 is 30.6 Å². The van der Waals surface area contributed by atoms with E-state index in [-0.39, 0.29) is 16.7 Å². The van der Waals surface area contributed by atoms with E-state index in [0.717, 1.165) is 44.2 Å². The van der Waals surface area contributed by atoms with Gasteiger partial charge in [-0.05, 0) is 99.9 Å². The van der Waals surface area contributed by atoms with Gasteiger partial charge in [-0.25, -0.2) is 4.79 Å². The van der Waals surface area contributed by atoms with Crippen LogP contribution in [0.5, 0.6) is 0 Å². The average molecular weight is 489 g/mol. The van der Waals surface area contributed by atoms with Crippen LogP contribution in [0.2, 0.25) is 0 Å². The molecule has 0 spiro atoms. The fraction of sp³-hybridized carbons (Fsp3) is 0.778. The number of nitrogens with one attached hydrogen (secondary N) is 1. The highest BCUT2D eigenvalue weighted by Gasteiger charge is 2.59. The summed E-state index contributed by atoms with van der Waals surface area (Å²) >= 11 is 0. The maximum absolute atomic E-state index is 12.3. The lowest BCUT2D eigenvalue weighted by molar-refractivity contribution is -0.145. The van der Waals surface area contributed by atoms with Crippen molar-refractivity contribution in [3.8, 4) is 0 Å². The van der Waals surface area contributed by atoms with Crippen molar-refractivity contribution in [3.05, 3.63) is 11.6 Å². The zero-order valence-corrected chi connectivity index (χ0v) is 21.4. The van der Waals surface area contributed by atoms with Gasteiger partial charge in [0, 0.05) is 5.92 Å². The standard InChI is InChI=1S/C27H40N2O6/c1-15(30)20-7-8-21-19-6-5-17-13-18(9-11-26(17,3)22(19)10-12-27(20,21)4)29-35-14-23(32)28-24(16(2)31)25(33)34/h13,16,19-22,24,31H,5-12,14H2,1-4H3,(H,28,32)(H,33,34)/b29-18-/t16-,19-,20+,21-,22-,24-,26-,27+/m0/s1. The maximum Gasteiger partial charge on any atom is 0.328 e. The Morgan fingerprint density at radius 3 is 2.54 bits per heavy atom. The number of aliphatic hydroxyl groups is 1. The van der Waals surface area contributed by atoms with E-state index in [0.29, 0.717) is 23.5 Å². The number of carboxylic acids is 1. The molecule has 0 bridgehead atoms. The molecule has 4 aliphatic carbocycles. The highest BCUT2D eigenvalue weighted by molar-refractivity contribution is 5.96. The molecule has 0 aromatic carbocycles. The number of oxime groups is 1. The summed E-state index contributed by atoms with van der Waals surface area (Å²) in [4.78, 5) is 40.7. The van der Waals surface area contributed by atoms with Crippen LogP contribution in [0.15, 0.2) is 16.8 Å². The summed E-state index contributed by atoms with van der Waals surface area (Å²) in [5.74, 6) is 0.604. The van der Waals surface area contributed by atoms with E-state index in [4.69, 9.17) is 9.94 Å². The summed E-state index contributed by atoms with van der Waals surface area (Å²) in [7, 11) is 0. The van der Waals surface area contributed by atoms with Gasteiger partial charge in [0.1, 0.15) is 5.78 Å². The number of hydrogen-bond acceptors (Lipinski definition) is 6. The van der Waals surface area contributed by atoms with Crippen molar-refractivity contribution in [2.75, 3.05) is 6.61 Å². The Morgan fingerprint density at radius 2 is 1.89 bits per heavy atom. The first-order valence-electron chi connectivity index (χ1n) is 13.1. The molecular formula is C27H40N2O6. The fourth-order valence-electron chi connectivity index (χ4n) is 8.09. The molecule has 3 saturated carbocycles. The van der Waals surface area contributed by atoms with Crippen LogP contribution < -0.4 is 5.32 Å². The number of aliphatic carboxylic acids is 1. The number of carbonyl (C=O) groups is 3. The first kappa shape index (κ1) is 25.9. The molecular weight excluding hydrogens is 448 g/mol. The van der Waals surface area contributed by atoms with Gasteiger partial charge in [0.05, 0.1) is 11.8 Å². The second-order valence-electron chi connectivity index (χ2n) is 11.8. The van der Waals surface area contributed by atoms with Gasteiger partial charge in [-0.2, -0.15) is 0 Å². The van der Waals surface area contributed by atoms with Crippen LogP contribution in [0.1, 0.15) is 79.1 Å². The average Bonchev–Trinajstić information content (AvgIpc) is 3.14. The SMILES string of the molecule is CC(=O)[C@H]1CC[C@H]2[C@@H]3CCC4=C/C(=N\OCC(=O)N[C@H](C(=O)O)[C@H](C)O)CC[C@]4(C)[C@H]3CC[C@]12C. The molecule has 8 heteroatoms. The number of Topliss-reactive ketones (excluding diaryl/α,β-unsaturated/α-hetero) is 1. The molecule has 0 aromatic heterocycles. The van der Waals surface area contributed by atoms with Gasteiger partial charge in [-0.1, -0.05) is 24.6 Å². The van der Waals surface area contributed by atoms with Gasteiger partial charge in [-0.15, -0.1) is 0 Å². The number of carbonyl (C=O) groups excluding carboxylic acids is 2. The number of fused-ring (bicyclic) bond motifs is 5. The van der Waals surface area contributed by atoms with Gasteiger partial charge in [-0.3, -0.25) is 9.59 Å². The number of carboxylic acid groups (broad SMARTS) is 1. The minimum atomic E-state index is -1.38. The smallest absolute Gasteiger partial charge is 0.328 e. The first-order valence-corrected chi connectivity index (χ1v) is 13.1. The third-order valence-corrected chi connectivity index (χ3v) is 9.91. The number of amides is 1. The Labute approximate surface area is 207 Å². The second-order valence-corrected chi connectivity index (χ2v) is 11.8. The van der Waals surface area contributed by atoms with Crippen molar-refractivity contribution in [2.24, 2.45) is 39.7 Å². The Morgan fingerprint density at radius 1 is 1.14 bits per heavy atom. The lowest BCUT2D eigenvalue weighted by Crippen LogP contribution is -2.51. The van der Waals surface area contributed by atoms with Crippen LogP contribution in [0.4, 0.5) is 0 Å². The van der Waals surface area contributed by atoms with E-state index in [1.807, 2.05) is 0 Å². The number of rotatable bonds is 7. The van der Waals surface area contributed by atoms with Gasteiger partial charge < -0.3 is 20.4 Å². The number of hydrogen-bond donors (Lipinski definition) is 3. The molecule has 35 heavy (non-hydrogen) atoms. The molecule has 0 unspecified atom stereocenters. The Kier molecular flexibility index (Phi) is 7.15. The molecule has 0 aromatic rings. The second kappa shape index (κ2) is 9.68. The molecule has 0 heterocycles. The topological polar surface area (TPSA) is 125 Å². The molecule has 8 nitrogen and oxygen atoms in total. The summed E-state index contributed by atoms with van der Waals surface area (Å²) in [5, 5.41) is 25.0. The molecule has 3 N–H and O–H groups in total. The summed E-state index contributed by atoms with van der Waals surface area (Å²) in [6, 6.07) is -1.38. The number of ketones is 1. The summed E-state index contributed by atoms with van der Waals surface area (Å²) < 4.78 is 0. The Hall–Kier alpha value is -2.22. The van der Waals surface area contributed by atoms with Crippen molar-refractivity contribution in [2.45, 2.75) is 91.2 Å². The zero-order valence-electron chi connectivity index (χ0n) is 21.4. The normalized spacial score (nSPS) is 38.9. The van der Waals surface area contributed by atoms with E-state index in [9.17, 15) is 19.5 Å². The summed E-state index contributed by atoms with van der Waals surface area (Å²) in [5.41, 5.74) is 2.53. The zero-order chi connectivity index (χ0) is 25.5. The fourth-order valence-corrected chi connectivity index (χ4v) is 8.09. The summed E-state index contributed by atoms with van der Waals surface area (Å²) in [6.45, 7) is 7.46. The van der Waals surface area contributed by atoms with Crippen LogP contribution in [0, 0.1) is 34.5 Å². The molecule has 8 atom stereocenters. The van der Waals surface area contributed by atoms with Crippen molar-refractivity contribution in [1.82, 2.24) is 5.32 Å². The van der Waals surface area contributed by atoms with Gasteiger partial charge in [0.25, 0.3) is 5.91 Å². The summed E-state index contributed by atoms with van der Waals surface area (Å²) in [6.07, 6.45) is 9.42. The quantitative estimate of drug-likeness (QED) is 0.471. The van der Waals surface area contributed by atoms with E-state index >= 15 is 0 Å². The number of allylic oxidation sites excluding steroid dienone is 2. The minimum Gasteiger partial charge on any atom is -0.480 e. The van der Waals surface area contributed by atoms with E-state index in [1.54, 1.807) is 6.92 Å². The molecule has 1 amide bonds.